The maximum atomic E-state index is 11.9. The molecule has 0 saturated carbocycles. The largest absolute Gasteiger partial charge is 0.493 e. The van der Waals surface area contributed by atoms with Crippen molar-refractivity contribution >= 4 is 28.0 Å². The van der Waals surface area contributed by atoms with Crippen LogP contribution in [0.5, 0.6) is 17.2 Å². The minimum atomic E-state index is -0.493. The standard InChI is InChI=1S/C19H20BrNO4/c1-13(2)12-24-15-8-6-14(11-17(15)23-3)7-9-18(22)25-16-5-4-10-21-19(16)20/h4-11,13H,12H2,1-3H3. The van der Waals surface area contributed by atoms with E-state index in [1.807, 2.05) is 12.1 Å². The van der Waals surface area contributed by atoms with E-state index in [9.17, 15) is 4.79 Å². The molecule has 0 N–H and O–H groups in total. The molecule has 132 valence electrons. The Bertz CT molecular complexity index is 759. The van der Waals surface area contributed by atoms with Gasteiger partial charge in [-0.2, -0.15) is 0 Å². The molecule has 1 aromatic carbocycles. The van der Waals surface area contributed by atoms with Crippen LogP contribution in [0.3, 0.4) is 0 Å². The lowest BCUT2D eigenvalue weighted by molar-refractivity contribution is -0.128. The van der Waals surface area contributed by atoms with E-state index in [2.05, 4.69) is 34.8 Å². The third-order valence-electron chi connectivity index (χ3n) is 3.11. The Morgan fingerprint density at radius 1 is 1.24 bits per heavy atom. The van der Waals surface area contributed by atoms with Gasteiger partial charge in [0.1, 0.15) is 4.60 Å². The van der Waals surface area contributed by atoms with Crippen molar-refractivity contribution in [1.82, 2.24) is 4.98 Å². The SMILES string of the molecule is COc1cc(C=CC(=O)Oc2cccnc2Br)ccc1OCC(C)C. The van der Waals surface area contributed by atoms with Crippen LogP contribution in [0.25, 0.3) is 6.08 Å². The maximum Gasteiger partial charge on any atom is 0.336 e. The first kappa shape index (κ1) is 19.0. The quantitative estimate of drug-likeness (QED) is 0.385. The fraction of sp³-hybridized carbons (Fsp3) is 0.263. The highest BCUT2D eigenvalue weighted by atomic mass is 79.9. The monoisotopic (exact) mass is 405 g/mol. The Kier molecular flexibility index (Phi) is 7.01. The van der Waals surface area contributed by atoms with Crippen LogP contribution in [-0.4, -0.2) is 24.7 Å². The summed E-state index contributed by atoms with van der Waals surface area (Å²) in [5.74, 6) is 1.59. The highest BCUT2D eigenvalue weighted by molar-refractivity contribution is 9.10. The lowest BCUT2D eigenvalue weighted by Crippen LogP contribution is -2.05. The number of hydrogen-bond acceptors (Lipinski definition) is 5. The van der Waals surface area contributed by atoms with Crippen molar-refractivity contribution < 1.29 is 19.0 Å². The van der Waals surface area contributed by atoms with Gasteiger partial charge in [-0.15, -0.1) is 0 Å². The summed E-state index contributed by atoms with van der Waals surface area (Å²) in [4.78, 5) is 15.9. The van der Waals surface area contributed by atoms with Gasteiger partial charge in [0, 0.05) is 12.3 Å². The van der Waals surface area contributed by atoms with Gasteiger partial charge < -0.3 is 14.2 Å². The van der Waals surface area contributed by atoms with Crippen LogP contribution >= 0.6 is 15.9 Å². The summed E-state index contributed by atoms with van der Waals surface area (Å²) in [6.45, 7) is 4.77. The molecule has 0 aliphatic heterocycles. The van der Waals surface area contributed by atoms with Crippen molar-refractivity contribution in [3.05, 3.63) is 52.8 Å². The van der Waals surface area contributed by atoms with Crippen LogP contribution in [0, 0.1) is 5.92 Å². The molecular weight excluding hydrogens is 386 g/mol. The van der Waals surface area contributed by atoms with Crippen LogP contribution in [0.15, 0.2) is 47.2 Å². The molecule has 2 aromatic rings. The molecule has 1 heterocycles. The molecule has 5 nitrogen and oxygen atoms in total. The highest BCUT2D eigenvalue weighted by Gasteiger charge is 2.08. The van der Waals surface area contributed by atoms with Crippen molar-refractivity contribution in [2.75, 3.05) is 13.7 Å². The zero-order chi connectivity index (χ0) is 18.2. The molecular formula is C19H20BrNO4. The van der Waals surface area contributed by atoms with Crippen LogP contribution in [0.1, 0.15) is 19.4 Å². The van der Waals surface area contributed by atoms with Gasteiger partial charge in [-0.1, -0.05) is 19.9 Å². The lowest BCUT2D eigenvalue weighted by Gasteiger charge is -2.12. The van der Waals surface area contributed by atoms with E-state index >= 15 is 0 Å². The number of ether oxygens (including phenoxy) is 3. The summed E-state index contributed by atoms with van der Waals surface area (Å²) in [5.41, 5.74) is 0.802. The second-order valence-corrected chi connectivity index (χ2v) is 6.41. The Labute approximate surface area is 155 Å². The Balaban J connectivity index is 2.05. The topological polar surface area (TPSA) is 57.7 Å². The number of rotatable bonds is 7. The molecule has 0 atom stereocenters. The number of nitrogens with zero attached hydrogens (tertiary/aromatic N) is 1. The zero-order valence-corrected chi connectivity index (χ0v) is 15.9. The summed E-state index contributed by atoms with van der Waals surface area (Å²) < 4.78 is 16.8. The maximum absolute atomic E-state index is 11.9. The molecule has 6 heteroatoms. The smallest absolute Gasteiger partial charge is 0.336 e. The van der Waals surface area contributed by atoms with E-state index in [-0.39, 0.29) is 0 Å². The van der Waals surface area contributed by atoms with Crippen molar-refractivity contribution in [2.24, 2.45) is 5.92 Å². The molecule has 1 aromatic heterocycles. The number of halogens is 1. The molecule has 0 unspecified atom stereocenters. The number of methoxy groups -OCH3 is 1. The van der Waals surface area contributed by atoms with E-state index in [0.29, 0.717) is 34.4 Å². The summed E-state index contributed by atoms with van der Waals surface area (Å²) in [6.07, 6.45) is 4.61. The molecule has 0 bridgehead atoms. The van der Waals surface area contributed by atoms with Gasteiger partial charge >= 0.3 is 5.97 Å². The molecule has 0 aliphatic rings. The number of hydrogen-bond donors (Lipinski definition) is 0. The molecule has 2 rings (SSSR count). The number of pyridine rings is 1. The molecule has 0 aliphatic carbocycles. The van der Waals surface area contributed by atoms with Gasteiger partial charge in [0.15, 0.2) is 17.2 Å². The number of benzene rings is 1. The number of carbonyl (C=O) groups excluding carboxylic acids is 1. The molecule has 0 amide bonds. The van der Waals surface area contributed by atoms with Crippen LogP contribution in [0.2, 0.25) is 0 Å². The lowest BCUT2D eigenvalue weighted by atomic mass is 10.2. The highest BCUT2D eigenvalue weighted by Crippen LogP contribution is 2.29. The zero-order valence-electron chi connectivity index (χ0n) is 14.4. The second-order valence-electron chi connectivity index (χ2n) is 5.66. The van der Waals surface area contributed by atoms with Crippen molar-refractivity contribution in [3.8, 4) is 17.2 Å². The minimum absolute atomic E-state index is 0.368. The third kappa shape index (κ3) is 5.90. The molecule has 0 saturated heterocycles. The predicted molar refractivity (Wildman–Crippen MR) is 99.9 cm³/mol. The number of carbonyl (C=O) groups is 1. The van der Waals surface area contributed by atoms with Crippen LogP contribution in [0.4, 0.5) is 0 Å². The van der Waals surface area contributed by atoms with E-state index in [0.717, 1.165) is 5.56 Å². The number of aromatic nitrogens is 1. The van der Waals surface area contributed by atoms with E-state index < -0.39 is 5.97 Å². The van der Waals surface area contributed by atoms with Crippen LogP contribution < -0.4 is 14.2 Å². The van der Waals surface area contributed by atoms with Gasteiger partial charge in [-0.25, -0.2) is 9.78 Å². The summed E-state index contributed by atoms with van der Waals surface area (Å²) in [6, 6.07) is 8.83. The van der Waals surface area contributed by atoms with Gasteiger partial charge in [0.05, 0.1) is 13.7 Å². The van der Waals surface area contributed by atoms with Gasteiger partial charge in [-0.05, 0) is 57.8 Å². The number of esters is 1. The first-order valence-corrected chi connectivity index (χ1v) is 8.60. The van der Waals surface area contributed by atoms with Crippen LogP contribution in [-0.2, 0) is 4.79 Å². The van der Waals surface area contributed by atoms with Gasteiger partial charge in [0.25, 0.3) is 0 Å². The Morgan fingerprint density at radius 2 is 2.04 bits per heavy atom. The van der Waals surface area contributed by atoms with E-state index in [4.69, 9.17) is 14.2 Å². The molecule has 0 radical (unpaired) electrons. The summed E-state index contributed by atoms with van der Waals surface area (Å²) in [7, 11) is 1.58. The molecule has 0 fully saturated rings. The fourth-order valence-electron chi connectivity index (χ4n) is 1.92. The molecule has 0 spiro atoms. The van der Waals surface area contributed by atoms with Gasteiger partial charge in [-0.3, -0.25) is 0 Å². The van der Waals surface area contributed by atoms with Crippen molar-refractivity contribution in [2.45, 2.75) is 13.8 Å². The first-order chi connectivity index (χ1) is 12.0. The first-order valence-electron chi connectivity index (χ1n) is 7.81. The van der Waals surface area contributed by atoms with Crippen molar-refractivity contribution in [3.63, 3.8) is 0 Å². The fourth-order valence-corrected chi connectivity index (χ4v) is 2.25. The average Bonchev–Trinajstić information content (AvgIpc) is 2.60. The second kappa shape index (κ2) is 9.22. The normalized spacial score (nSPS) is 10.9. The Morgan fingerprint density at radius 3 is 2.72 bits per heavy atom. The van der Waals surface area contributed by atoms with E-state index in [1.165, 1.54) is 6.08 Å². The van der Waals surface area contributed by atoms with Crippen molar-refractivity contribution in [1.29, 1.82) is 0 Å². The molecule has 25 heavy (non-hydrogen) atoms. The average molecular weight is 406 g/mol. The summed E-state index contributed by atoms with van der Waals surface area (Å²) >= 11 is 3.23. The van der Waals surface area contributed by atoms with E-state index in [1.54, 1.807) is 37.6 Å². The third-order valence-corrected chi connectivity index (χ3v) is 3.70. The Hall–Kier alpha value is -2.34. The summed E-state index contributed by atoms with van der Waals surface area (Å²) in [5, 5.41) is 0. The minimum Gasteiger partial charge on any atom is -0.493 e. The predicted octanol–water partition coefficient (Wildman–Crippen LogP) is 4.51. The van der Waals surface area contributed by atoms with Gasteiger partial charge in [0.2, 0.25) is 0 Å².